The number of amides is 1. The second-order valence-electron chi connectivity index (χ2n) is 2.76. The largest absolute Gasteiger partial charge is 0.315 e. The Bertz CT molecular complexity index is 314. The van der Waals surface area contributed by atoms with Gasteiger partial charge in [0.2, 0.25) is 5.91 Å². The van der Waals surface area contributed by atoms with Crippen molar-refractivity contribution >= 4 is 36.4 Å². The van der Waals surface area contributed by atoms with Crippen LogP contribution in [0.4, 0.5) is 5.69 Å². The number of para-hydroxylation sites is 1. The highest BCUT2D eigenvalue weighted by atomic mass is 35.5. The van der Waals surface area contributed by atoms with Crippen molar-refractivity contribution in [3.8, 4) is 0 Å². The average Bonchev–Trinajstić information content (AvgIpc) is 2.30. The molecule has 1 aliphatic rings. The number of hydrogen-bond donors (Lipinski definition) is 0. The third-order valence-electron chi connectivity index (χ3n) is 2.07. The molecule has 0 aromatic heterocycles. The molecule has 1 aliphatic heterocycles. The fraction of sp³-hybridized carbons (Fsp3) is 0.222. The summed E-state index contributed by atoms with van der Waals surface area (Å²) in [5.41, 5.74) is 2.19. The first-order valence-electron chi connectivity index (χ1n) is 3.63. The van der Waals surface area contributed by atoms with Gasteiger partial charge in [0.1, 0.15) is 0 Å². The number of halogens is 2. The van der Waals surface area contributed by atoms with Gasteiger partial charge in [-0.3, -0.25) is 4.79 Å². The molecule has 4 heteroatoms. The van der Waals surface area contributed by atoms with Crippen LogP contribution in [0.3, 0.4) is 0 Å². The topological polar surface area (TPSA) is 20.3 Å². The van der Waals surface area contributed by atoms with Crippen molar-refractivity contribution in [2.75, 3.05) is 11.9 Å². The number of nitrogens with zero attached hydrogens (tertiary/aromatic N) is 1. The van der Waals surface area contributed by atoms with Crippen molar-refractivity contribution in [3.63, 3.8) is 0 Å². The van der Waals surface area contributed by atoms with Crippen LogP contribution in [0.15, 0.2) is 24.3 Å². The van der Waals surface area contributed by atoms with E-state index in [0.29, 0.717) is 6.42 Å². The summed E-state index contributed by atoms with van der Waals surface area (Å²) in [5, 5.41) is 0. The SMILES string of the molecule is CN1C(=O)Cc2ccccc21.Cl.Cl. The van der Waals surface area contributed by atoms with E-state index in [0.717, 1.165) is 11.3 Å². The summed E-state index contributed by atoms with van der Waals surface area (Å²) in [6.45, 7) is 0. The normalized spacial score (nSPS) is 13.0. The van der Waals surface area contributed by atoms with Gasteiger partial charge in [-0.05, 0) is 11.6 Å². The standard InChI is InChI=1S/C9H9NO.2ClH/c1-10-8-5-3-2-4-7(8)6-9(10)11;;/h2-5H,6H2,1H3;2*1H. The highest BCUT2D eigenvalue weighted by molar-refractivity contribution is 6.00. The molecule has 13 heavy (non-hydrogen) atoms. The molecule has 0 bridgehead atoms. The molecule has 2 rings (SSSR count). The molecule has 2 nitrogen and oxygen atoms in total. The molecule has 0 radical (unpaired) electrons. The van der Waals surface area contributed by atoms with E-state index in [-0.39, 0.29) is 30.7 Å². The summed E-state index contributed by atoms with van der Waals surface area (Å²) in [4.78, 5) is 12.9. The van der Waals surface area contributed by atoms with Crippen LogP contribution in [0.2, 0.25) is 0 Å². The fourth-order valence-corrected chi connectivity index (χ4v) is 1.40. The van der Waals surface area contributed by atoms with Crippen LogP contribution in [-0.2, 0) is 11.2 Å². The molecule has 0 spiro atoms. The van der Waals surface area contributed by atoms with Crippen molar-refractivity contribution in [2.24, 2.45) is 0 Å². The minimum Gasteiger partial charge on any atom is -0.315 e. The highest BCUT2D eigenvalue weighted by Gasteiger charge is 2.22. The molecule has 72 valence electrons. The quantitative estimate of drug-likeness (QED) is 0.655. The van der Waals surface area contributed by atoms with Crippen LogP contribution in [-0.4, -0.2) is 13.0 Å². The van der Waals surface area contributed by atoms with Crippen LogP contribution in [0.25, 0.3) is 0 Å². The van der Waals surface area contributed by atoms with Crippen LogP contribution in [0, 0.1) is 0 Å². The minimum atomic E-state index is 0. The van der Waals surface area contributed by atoms with Gasteiger partial charge in [0.15, 0.2) is 0 Å². The van der Waals surface area contributed by atoms with Crippen molar-refractivity contribution in [1.29, 1.82) is 0 Å². The lowest BCUT2D eigenvalue weighted by molar-refractivity contribution is -0.117. The van der Waals surface area contributed by atoms with Crippen LogP contribution < -0.4 is 4.90 Å². The second-order valence-corrected chi connectivity index (χ2v) is 2.76. The van der Waals surface area contributed by atoms with Crippen molar-refractivity contribution < 1.29 is 4.79 Å². The number of benzene rings is 1. The van der Waals surface area contributed by atoms with Crippen molar-refractivity contribution in [3.05, 3.63) is 29.8 Å². The highest BCUT2D eigenvalue weighted by Crippen LogP contribution is 2.26. The third kappa shape index (κ3) is 1.95. The van der Waals surface area contributed by atoms with E-state index in [2.05, 4.69) is 0 Å². The molecule has 1 aromatic carbocycles. The van der Waals surface area contributed by atoms with E-state index in [9.17, 15) is 4.79 Å². The van der Waals surface area contributed by atoms with Gasteiger partial charge in [-0.2, -0.15) is 0 Å². The maximum atomic E-state index is 11.2. The number of carbonyl (C=O) groups is 1. The maximum Gasteiger partial charge on any atom is 0.231 e. The van der Waals surface area contributed by atoms with Gasteiger partial charge in [0, 0.05) is 12.7 Å². The van der Waals surface area contributed by atoms with E-state index >= 15 is 0 Å². The van der Waals surface area contributed by atoms with Crippen molar-refractivity contribution in [2.45, 2.75) is 6.42 Å². The Balaban J connectivity index is 0.000000720. The van der Waals surface area contributed by atoms with E-state index in [1.165, 1.54) is 0 Å². The Morgan fingerprint density at radius 3 is 2.46 bits per heavy atom. The van der Waals surface area contributed by atoms with Gasteiger partial charge in [0.25, 0.3) is 0 Å². The number of fused-ring (bicyclic) bond motifs is 1. The van der Waals surface area contributed by atoms with Crippen LogP contribution >= 0.6 is 24.8 Å². The average molecular weight is 220 g/mol. The number of rotatable bonds is 0. The molecule has 0 saturated carbocycles. The zero-order chi connectivity index (χ0) is 7.84. The van der Waals surface area contributed by atoms with Gasteiger partial charge in [-0.15, -0.1) is 24.8 Å². The first kappa shape index (κ1) is 12.3. The number of carbonyl (C=O) groups excluding carboxylic acids is 1. The van der Waals surface area contributed by atoms with Gasteiger partial charge in [-0.1, -0.05) is 18.2 Å². The van der Waals surface area contributed by atoms with E-state index in [1.807, 2.05) is 31.3 Å². The Morgan fingerprint density at radius 2 is 1.85 bits per heavy atom. The molecule has 1 amide bonds. The molecule has 0 atom stereocenters. The lowest BCUT2D eigenvalue weighted by Crippen LogP contribution is -2.20. The summed E-state index contributed by atoms with van der Waals surface area (Å²) in [6.07, 6.45) is 0.562. The van der Waals surface area contributed by atoms with Gasteiger partial charge < -0.3 is 4.90 Å². The molecule has 0 unspecified atom stereocenters. The zero-order valence-corrected chi connectivity index (χ0v) is 8.82. The molecule has 0 aliphatic carbocycles. The van der Waals surface area contributed by atoms with Crippen LogP contribution in [0.1, 0.15) is 5.56 Å². The van der Waals surface area contributed by atoms with E-state index < -0.39 is 0 Å². The smallest absolute Gasteiger partial charge is 0.231 e. The number of likely N-dealkylation sites (N-methyl/N-ethyl adjacent to an activating group) is 1. The maximum absolute atomic E-state index is 11.2. The Kier molecular flexibility index (Phi) is 4.24. The monoisotopic (exact) mass is 219 g/mol. The zero-order valence-electron chi connectivity index (χ0n) is 7.19. The van der Waals surface area contributed by atoms with Gasteiger partial charge >= 0.3 is 0 Å². The van der Waals surface area contributed by atoms with Crippen molar-refractivity contribution in [1.82, 2.24) is 0 Å². The van der Waals surface area contributed by atoms with E-state index in [1.54, 1.807) is 4.90 Å². The molecule has 1 aromatic rings. The number of anilines is 1. The summed E-state index contributed by atoms with van der Waals surface area (Å²) in [7, 11) is 1.81. The van der Waals surface area contributed by atoms with Gasteiger partial charge in [0.05, 0.1) is 6.42 Å². The third-order valence-corrected chi connectivity index (χ3v) is 2.07. The first-order valence-corrected chi connectivity index (χ1v) is 3.63. The summed E-state index contributed by atoms with van der Waals surface area (Å²) >= 11 is 0. The Hall–Kier alpha value is -0.730. The van der Waals surface area contributed by atoms with E-state index in [4.69, 9.17) is 0 Å². The summed E-state index contributed by atoms with van der Waals surface area (Å²) in [5.74, 6) is 0.186. The molecule has 0 fully saturated rings. The Labute approximate surface area is 89.7 Å². The summed E-state index contributed by atoms with van der Waals surface area (Å²) in [6, 6.07) is 7.89. The summed E-state index contributed by atoms with van der Waals surface area (Å²) < 4.78 is 0. The molecular weight excluding hydrogens is 209 g/mol. The molecular formula is C9H11Cl2NO. The number of hydrogen-bond acceptors (Lipinski definition) is 1. The van der Waals surface area contributed by atoms with Gasteiger partial charge in [-0.25, -0.2) is 0 Å². The lowest BCUT2D eigenvalue weighted by atomic mass is 10.2. The Morgan fingerprint density at radius 1 is 1.23 bits per heavy atom. The second kappa shape index (κ2) is 4.49. The lowest BCUT2D eigenvalue weighted by Gasteiger charge is -2.08. The molecule has 0 saturated heterocycles. The minimum absolute atomic E-state index is 0. The fourth-order valence-electron chi connectivity index (χ4n) is 1.40. The molecule has 1 heterocycles. The van der Waals surface area contributed by atoms with Crippen LogP contribution in [0.5, 0.6) is 0 Å². The molecule has 0 N–H and O–H groups in total. The predicted octanol–water partition coefficient (Wildman–Crippen LogP) is 2.05. The first-order chi connectivity index (χ1) is 5.29. The predicted molar refractivity (Wildman–Crippen MR) is 58.1 cm³/mol.